The van der Waals surface area contributed by atoms with Gasteiger partial charge < -0.3 is 14.2 Å². The number of para-hydroxylation sites is 2. The summed E-state index contributed by atoms with van der Waals surface area (Å²) in [6, 6.07) is 15.4. The fourth-order valence-corrected chi connectivity index (χ4v) is 4.63. The molecule has 1 aromatic heterocycles. The van der Waals surface area contributed by atoms with E-state index in [0.29, 0.717) is 12.4 Å². The summed E-state index contributed by atoms with van der Waals surface area (Å²) in [5, 5.41) is 0.814. The Morgan fingerprint density at radius 3 is 2.69 bits per heavy atom. The molecule has 0 unspecified atom stereocenters. The smallest absolute Gasteiger partial charge is 0.347 e. The van der Waals surface area contributed by atoms with E-state index in [1.807, 2.05) is 48.5 Å². The molecule has 0 fully saturated rings. The van der Waals surface area contributed by atoms with Crippen molar-refractivity contribution < 1.29 is 23.8 Å². The fraction of sp³-hybridized carbons (Fsp3) is 0.304. The highest BCUT2D eigenvalue weighted by Gasteiger charge is 2.49. The van der Waals surface area contributed by atoms with Crippen LogP contribution >= 0.6 is 0 Å². The zero-order chi connectivity index (χ0) is 20.1. The highest BCUT2D eigenvalue weighted by molar-refractivity contribution is 5.98. The number of benzene rings is 2. The molecule has 2 aliphatic heterocycles. The lowest BCUT2D eigenvalue weighted by Gasteiger charge is -2.41. The molecule has 3 heterocycles. The standard InChI is InChI=1S/C23H21NO5/c1-3-27-23(26)22-16-12-28-18-11-7-5-9-15(18)19(16)20-21(29-22)14-8-4-6-10-17(14)24(20)13(2)25/h4-11,16,19,22H,3,12H2,1-2H3/t16-,19+,22-/m1/s1. The number of carbonyl (C=O) groups excluding carboxylic acids is 2. The van der Waals surface area contributed by atoms with Gasteiger partial charge in [-0.15, -0.1) is 0 Å². The minimum absolute atomic E-state index is 0.0941. The topological polar surface area (TPSA) is 66.8 Å². The maximum absolute atomic E-state index is 12.8. The zero-order valence-corrected chi connectivity index (χ0v) is 16.3. The molecule has 2 aromatic carbocycles. The van der Waals surface area contributed by atoms with Gasteiger partial charge in [0.05, 0.1) is 30.3 Å². The monoisotopic (exact) mass is 391 g/mol. The zero-order valence-electron chi connectivity index (χ0n) is 16.3. The lowest BCUT2D eigenvalue weighted by molar-refractivity contribution is -0.156. The molecule has 148 valence electrons. The number of fused-ring (bicyclic) bond motifs is 7. The van der Waals surface area contributed by atoms with Crippen LogP contribution in [0.15, 0.2) is 48.5 Å². The Balaban J connectivity index is 1.81. The van der Waals surface area contributed by atoms with E-state index in [0.717, 1.165) is 27.9 Å². The molecule has 6 nitrogen and oxygen atoms in total. The van der Waals surface area contributed by atoms with Crippen LogP contribution in [0.5, 0.6) is 11.5 Å². The third kappa shape index (κ3) is 2.55. The van der Waals surface area contributed by atoms with Crippen LogP contribution in [-0.4, -0.2) is 35.8 Å². The SMILES string of the molecule is CCOC(=O)[C@@H]1Oc2c(n(C(C)=O)c3ccccc23)[C@H]2c3ccccc3OC[C@H]21. The second-order valence-electron chi connectivity index (χ2n) is 7.37. The Kier molecular flexibility index (Phi) is 4.08. The Morgan fingerprint density at radius 2 is 1.90 bits per heavy atom. The molecule has 0 N–H and O–H groups in total. The van der Waals surface area contributed by atoms with Crippen molar-refractivity contribution in [2.45, 2.75) is 25.9 Å². The number of nitrogens with zero attached hydrogens (tertiary/aromatic N) is 1. The van der Waals surface area contributed by atoms with Gasteiger partial charge in [0.1, 0.15) is 5.75 Å². The van der Waals surface area contributed by atoms with Gasteiger partial charge in [-0.3, -0.25) is 9.36 Å². The molecular weight excluding hydrogens is 370 g/mol. The van der Waals surface area contributed by atoms with Crippen molar-refractivity contribution in [2.75, 3.05) is 13.2 Å². The molecule has 0 aliphatic carbocycles. The van der Waals surface area contributed by atoms with E-state index in [4.69, 9.17) is 14.2 Å². The second-order valence-corrected chi connectivity index (χ2v) is 7.37. The molecule has 0 spiro atoms. The van der Waals surface area contributed by atoms with Crippen molar-refractivity contribution in [2.24, 2.45) is 5.92 Å². The normalized spacial score (nSPS) is 21.9. The molecule has 0 radical (unpaired) electrons. The first-order valence-corrected chi connectivity index (χ1v) is 9.81. The number of esters is 1. The van der Waals surface area contributed by atoms with Crippen molar-refractivity contribution in [3.8, 4) is 11.5 Å². The van der Waals surface area contributed by atoms with Crippen molar-refractivity contribution >= 4 is 22.8 Å². The van der Waals surface area contributed by atoms with Crippen LogP contribution in [0, 0.1) is 5.92 Å². The van der Waals surface area contributed by atoms with Crippen molar-refractivity contribution in [3.63, 3.8) is 0 Å². The molecule has 5 rings (SSSR count). The lowest BCUT2D eigenvalue weighted by Crippen LogP contribution is -2.48. The summed E-state index contributed by atoms with van der Waals surface area (Å²) in [6.45, 7) is 3.90. The maximum atomic E-state index is 12.8. The predicted molar refractivity (Wildman–Crippen MR) is 107 cm³/mol. The van der Waals surface area contributed by atoms with Gasteiger partial charge in [-0.1, -0.05) is 30.3 Å². The summed E-state index contributed by atoms with van der Waals surface area (Å²) in [6.07, 6.45) is -0.799. The number of hydrogen-bond acceptors (Lipinski definition) is 5. The number of aromatic nitrogens is 1. The quantitative estimate of drug-likeness (QED) is 0.622. The fourth-order valence-electron chi connectivity index (χ4n) is 4.63. The molecule has 0 amide bonds. The highest BCUT2D eigenvalue weighted by atomic mass is 16.6. The van der Waals surface area contributed by atoms with Crippen LogP contribution < -0.4 is 9.47 Å². The largest absolute Gasteiger partial charge is 0.493 e. The van der Waals surface area contributed by atoms with Crippen molar-refractivity contribution in [1.29, 1.82) is 0 Å². The van der Waals surface area contributed by atoms with Crippen LogP contribution in [-0.2, 0) is 9.53 Å². The molecule has 6 heteroatoms. The first kappa shape index (κ1) is 17.8. The summed E-state index contributed by atoms with van der Waals surface area (Å²) in [5.74, 6) is 0.337. The molecule has 0 saturated heterocycles. The van der Waals surface area contributed by atoms with E-state index in [1.165, 1.54) is 0 Å². The van der Waals surface area contributed by atoms with Gasteiger partial charge >= 0.3 is 5.97 Å². The predicted octanol–water partition coefficient (Wildman–Crippen LogP) is 3.77. The van der Waals surface area contributed by atoms with Gasteiger partial charge in [-0.05, 0) is 25.1 Å². The number of rotatable bonds is 2. The Bertz CT molecular complexity index is 1130. The highest BCUT2D eigenvalue weighted by Crippen LogP contribution is 2.52. The molecule has 3 aromatic rings. The minimum atomic E-state index is -0.799. The van der Waals surface area contributed by atoms with E-state index in [9.17, 15) is 9.59 Å². The summed E-state index contributed by atoms with van der Waals surface area (Å²) < 4.78 is 19.2. The maximum Gasteiger partial charge on any atom is 0.347 e. The van der Waals surface area contributed by atoms with Gasteiger partial charge in [0.15, 0.2) is 5.75 Å². The Morgan fingerprint density at radius 1 is 1.14 bits per heavy atom. The van der Waals surface area contributed by atoms with E-state index in [2.05, 4.69) is 0 Å². The molecule has 3 atom stereocenters. The first-order chi connectivity index (χ1) is 14.1. The van der Waals surface area contributed by atoms with Gasteiger partial charge in [0, 0.05) is 23.8 Å². The average molecular weight is 391 g/mol. The van der Waals surface area contributed by atoms with Crippen LogP contribution in [0.1, 0.15) is 35.8 Å². The minimum Gasteiger partial charge on any atom is -0.493 e. The van der Waals surface area contributed by atoms with E-state index in [-0.39, 0.29) is 24.3 Å². The third-order valence-corrected chi connectivity index (χ3v) is 5.74. The first-order valence-electron chi connectivity index (χ1n) is 9.81. The Labute approximate surface area is 168 Å². The number of carbonyl (C=O) groups is 2. The summed E-state index contributed by atoms with van der Waals surface area (Å²) in [7, 11) is 0. The molecule has 0 bridgehead atoms. The number of ether oxygens (including phenoxy) is 3. The van der Waals surface area contributed by atoms with E-state index in [1.54, 1.807) is 18.4 Å². The van der Waals surface area contributed by atoms with Crippen molar-refractivity contribution in [1.82, 2.24) is 4.57 Å². The molecular formula is C23H21NO5. The molecule has 0 saturated carbocycles. The number of hydrogen-bond donors (Lipinski definition) is 0. The second kappa shape index (κ2) is 6.65. The molecule has 2 aliphatic rings. The van der Waals surface area contributed by atoms with Gasteiger partial charge in [-0.2, -0.15) is 0 Å². The summed E-state index contributed by atoms with van der Waals surface area (Å²) >= 11 is 0. The molecule has 29 heavy (non-hydrogen) atoms. The summed E-state index contributed by atoms with van der Waals surface area (Å²) in [4.78, 5) is 25.5. The lowest BCUT2D eigenvalue weighted by atomic mass is 9.76. The van der Waals surface area contributed by atoms with E-state index < -0.39 is 12.1 Å². The van der Waals surface area contributed by atoms with Gasteiger partial charge in [0.25, 0.3) is 0 Å². The third-order valence-electron chi connectivity index (χ3n) is 5.74. The Hall–Kier alpha value is -3.28. The van der Waals surface area contributed by atoms with Crippen LogP contribution in [0.25, 0.3) is 10.9 Å². The van der Waals surface area contributed by atoms with E-state index >= 15 is 0 Å². The van der Waals surface area contributed by atoms with Crippen LogP contribution in [0.2, 0.25) is 0 Å². The average Bonchev–Trinajstić information content (AvgIpc) is 3.07. The van der Waals surface area contributed by atoms with Crippen LogP contribution in [0.3, 0.4) is 0 Å². The summed E-state index contributed by atoms with van der Waals surface area (Å²) in [5.41, 5.74) is 2.50. The van der Waals surface area contributed by atoms with Gasteiger partial charge in [0.2, 0.25) is 12.0 Å². The van der Waals surface area contributed by atoms with Crippen LogP contribution in [0.4, 0.5) is 0 Å². The van der Waals surface area contributed by atoms with Gasteiger partial charge in [-0.25, -0.2) is 4.79 Å². The van der Waals surface area contributed by atoms with Crippen molar-refractivity contribution in [3.05, 3.63) is 59.8 Å².